The zero-order valence-corrected chi connectivity index (χ0v) is 16.5. The highest BCUT2D eigenvalue weighted by molar-refractivity contribution is 5.77. The maximum atomic E-state index is 13.4. The van der Waals surface area contributed by atoms with Crippen LogP contribution in [-0.2, 0) is 11.3 Å². The smallest absolute Gasteiger partial charge is 0.245 e. The summed E-state index contributed by atoms with van der Waals surface area (Å²) in [7, 11) is 0. The highest BCUT2D eigenvalue weighted by Gasteiger charge is 2.56. The van der Waals surface area contributed by atoms with Gasteiger partial charge in [0.25, 0.3) is 0 Å². The van der Waals surface area contributed by atoms with Crippen LogP contribution in [0.4, 0.5) is 0 Å². The number of benzene rings is 1. The van der Waals surface area contributed by atoms with Crippen LogP contribution in [0.25, 0.3) is 0 Å². The van der Waals surface area contributed by atoms with Crippen LogP contribution in [0, 0.1) is 12.3 Å². The topological polar surface area (TPSA) is 78.6 Å². The van der Waals surface area contributed by atoms with Gasteiger partial charge in [-0.3, -0.25) is 9.48 Å². The number of likely N-dealkylation sites (tertiary alicyclic amines) is 1. The highest BCUT2D eigenvalue weighted by Crippen LogP contribution is 2.53. The number of hydrogen-bond donors (Lipinski definition) is 2. The van der Waals surface area contributed by atoms with Crippen molar-refractivity contribution < 1.29 is 15.0 Å². The van der Waals surface area contributed by atoms with E-state index >= 15 is 0 Å². The van der Waals surface area contributed by atoms with Gasteiger partial charge in [0.05, 0.1) is 24.4 Å². The molecule has 0 unspecified atom stereocenters. The lowest BCUT2D eigenvalue weighted by Crippen LogP contribution is -2.49. The van der Waals surface area contributed by atoms with Gasteiger partial charge in [-0.1, -0.05) is 37.3 Å². The first-order valence-corrected chi connectivity index (χ1v) is 10.1. The van der Waals surface area contributed by atoms with Gasteiger partial charge in [-0.2, -0.15) is 5.10 Å². The van der Waals surface area contributed by atoms with E-state index in [-0.39, 0.29) is 24.5 Å². The molecular weight excluding hydrogens is 354 g/mol. The predicted octanol–water partition coefficient (Wildman–Crippen LogP) is 2.45. The van der Waals surface area contributed by atoms with Gasteiger partial charge in [0.2, 0.25) is 5.91 Å². The fourth-order valence-corrected chi connectivity index (χ4v) is 5.17. The van der Waals surface area contributed by atoms with Crippen LogP contribution in [0.2, 0.25) is 0 Å². The molecule has 2 heterocycles. The van der Waals surface area contributed by atoms with Crippen molar-refractivity contribution >= 4 is 5.91 Å². The molecule has 6 nitrogen and oxygen atoms in total. The van der Waals surface area contributed by atoms with E-state index in [9.17, 15) is 15.0 Å². The fourth-order valence-electron chi connectivity index (χ4n) is 5.17. The molecule has 150 valence electrons. The molecule has 2 N–H and O–H groups in total. The van der Waals surface area contributed by atoms with Crippen molar-refractivity contribution in [3.05, 3.63) is 53.9 Å². The third-order valence-corrected chi connectivity index (χ3v) is 6.62. The van der Waals surface area contributed by atoms with Crippen LogP contribution in [0.5, 0.6) is 0 Å². The number of rotatable bonds is 3. The van der Waals surface area contributed by atoms with Gasteiger partial charge in [-0.05, 0) is 43.7 Å². The standard InChI is InChI=1S/C22H29N3O3/c1-15-12-23-24(13-15)14-20(27)25-17(16-7-4-3-5-8-16)11-22(2)19(25)10-6-9-18(26)21(22)28/h3-5,7-8,12-13,17-19,21,26,28H,6,9-11,14H2,1-2H3/t17-,18-,19-,21-,22-/m1/s1. The third kappa shape index (κ3) is 3.25. The number of carbonyl (C=O) groups is 1. The molecule has 1 aromatic heterocycles. The maximum absolute atomic E-state index is 13.4. The van der Waals surface area contributed by atoms with Crippen LogP contribution in [-0.4, -0.2) is 49.1 Å². The summed E-state index contributed by atoms with van der Waals surface area (Å²) in [6.07, 6.45) is 4.85. The minimum atomic E-state index is -0.837. The molecule has 1 aliphatic carbocycles. The first-order chi connectivity index (χ1) is 13.4. The Morgan fingerprint density at radius 2 is 2.00 bits per heavy atom. The minimum absolute atomic E-state index is 0.00858. The quantitative estimate of drug-likeness (QED) is 0.853. The van der Waals surface area contributed by atoms with Crippen molar-refractivity contribution in [1.82, 2.24) is 14.7 Å². The normalized spacial score (nSPS) is 32.8. The average Bonchev–Trinajstić information content (AvgIpc) is 3.20. The fraction of sp³-hybridized carbons (Fsp3) is 0.545. The molecule has 5 atom stereocenters. The van der Waals surface area contributed by atoms with Gasteiger partial charge in [0, 0.05) is 17.7 Å². The average molecular weight is 383 g/mol. The van der Waals surface area contributed by atoms with Gasteiger partial charge < -0.3 is 15.1 Å². The highest BCUT2D eigenvalue weighted by atomic mass is 16.3. The second-order valence-corrected chi connectivity index (χ2v) is 8.61. The molecule has 1 aromatic carbocycles. The van der Waals surface area contributed by atoms with Crippen LogP contribution < -0.4 is 0 Å². The SMILES string of the molecule is Cc1cnn(CC(=O)N2[C@@H](c3ccccc3)C[C@@]3(C)[C@H](O)[C@H](O)CCC[C@@H]23)c1. The summed E-state index contributed by atoms with van der Waals surface area (Å²) in [5, 5.41) is 25.6. The van der Waals surface area contributed by atoms with E-state index in [1.807, 2.05) is 55.3 Å². The molecule has 28 heavy (non-hydrogen) atoms. The number of aliphatic hydroxyl groups is 2. The Kier molecular flexibility index (Phi) is 5.02. The van der Waals surface area contributed by atoms with Gasteiger partial charge in [0.1, 0.15) is 6.54 Å². The zero-order valence-electron chi connectivity index (χ0n) is 16.5. The Hall–Kier alpha value is -2.18. The summed E-state index contributed by atoms with van der Waals surface area (Å²) < 4.78 is 1.68. The third-order valence-electron chi connectivity index (χ3n) is 6.62. The Labute approximate surface area is 165 Å². The van der Waals surface area contributed by atoms with E-state index in [0.717, 1.165) is 24.0 Å². The van der Waals surface area contributed by atoms with E-state index < -0.39 is 17.6 Å². The Morgan fingerprint density at radius 3 is 2.68 bits per heavy atom. The molecule has 2 fully saturated rings. The number of hydrogen-bond acceptors (Lipinski definition) is 4. The number of carbonyl (C=O) groups excluding carboxylic acids is 1. The molecule has 2 aromatic rings. The van der Waals surface area contributed by atoms with Crippen molar-refractivity contribution in [3.8, 4) is 0 Å². The first kappa shape index (κ1) is 19.2. The van der Waals surface area contributed by atoms with Gasteiger partial charge in [-0.25, -0.2) is 0 Å². The molecule has 0 bridgehead atoms. The molecule has 0 radical (unpaired) electrons. The largest absolute Gasteiger partial charge is 0.390 e. The second kappa shape index (κ2) is 7.33. The minimum Gasteiger partial charge on any atom is -0.390 e. The summed E-state index contributed by atoms with van der Waals surface area (Å²) in [4.78, 5) is 15.4. The van der Waals surface area contributed by atoms with Crippen LogP contribution in [0.15, 0.2) is 42.7 Å². The predicted molar refractivity (Wildman–Crippen MR) is 105 cm³/mol. The lowest BCUT2D eigenvalue weighted by atomic mass is 9.74. The van der Waals surface area contributed by atoms with Crippen LogP contribution in [0.3, 0.4) is 0 Å². The summed E-state index contributed by atoms with van der Waals surface area (Å²) in [5.41, 5.74) is 1.56. The zero-order chi connectivity index (χ0) is 19.9. The van der Waals surface area contributed by atoms with Crippen LogP contribution >= 0.6 is 0 Å². The number of fused-ring (bicyclic) bond motifs is 1. The number of amides is 1. The van der Waals surface area contributed by atoms with E-state index in [0.29, 0.717) is 12.8 Å². The summed E-state index contributed by atoms with van der Waals surface area (Å²) in [6.45, 7) is 4.16. The van der Waals surface area contributed by atoms with Crippen LogP contribution in [0.1, 0.15) is 49.8 Å². The monoisotopic (exact) mass is 383 g/mol. The molecule has 2 aliphatic rings. The molecule has 0 spiro atoms. The number of aliphatic hydroxyl groups excluding tert-OH is 2. The molecule has 1 amide bonds. The molecule has 6 heteroatoms. The van der Waals surface area contributed by atoms with E-state index in [4.69, 9.17) is 0 Å². The van der Waals surface area contributed by atoms with E-state index in [1.54, 1.807) is 10.9 Å². The molecule has 4 rings (SSSR count). The molecular formula is C22H29N3O3. The second-order valence-electron chi connectivity index (χ2n) is 8.61. The Bertz CT molecular complexity index is 837. The number of aryl methyl sites for hydroxylation is 1. The number of aromatic nitrogens is 2. The first-order valence-electron chi connectivity index (χ1n) is 10.1. The van der Waals surface area contributed by atoms with Gasteiger partial charge >= 0.3 is 0 Å². The molecule has 1 saturated heterocycles. The molecule has 1 saturated carbocycles. The Morgan fingerprint density at radius 1 is 1.25 bits per heavy atom. The maximum Gasteiger partial charge on any atom is 0.245 e. The molecule has 1 aliphatic heterocycles. The van der Waals surface area contributed by atoms with Crippen molar-refractivity contribution in [2.24, 2.45) is 5.41 Å². The van der Waals surface area contributed by atoms with Gasteiger partial charge in [-0.15, -0.1) is 0 Å². The van der Waals surface area contributed by atoms with E-state index in [1.165, 1.54) is 0 Å². The number of nitrogens with zero attached hydrogens (tertiary/aromatic N) is 3. The Balaban J connectivity index is 1.71. The van der Waals surface area contributed by atoms with Gasteiger partial charge in [0.15, 0.2) is 0 Å². The van der Waals surface area contributed by atoms with Crippen molar-refractivity contribution in [1.29, 1.82) is 0 Å². The van der Waals surface area contributed by atoms with Crippen molar-refractivity contribution in [2.75, 3.05) is 0 Å². The summed E-state index contributed by atoms with van der Waals surface area (Å²) in [6, 6.07) is 9.80. The lowest BCUT2D eigenvalue weighted by Gasteiger charge is -2.38. The summed E-state index contributed by atoms with van der Waals surface area (Å²) in [5.74, 6) is 0.00858. The lowest BCUT2D eigenvalue weighted by molar-refractivity contribution is -0.137. The summed E-state index contributed by atoms with van der Waals surface area (Å²) >= 11 is 0. The van der Waals surface area contributed by atoms with Crippen molar-refractivity contribution in [3.63, 3.8) is 0 Å². The van der Waals surface area contributed by atoms with E-state index in [2.05, 4.69) is 5.10 Å². The van der Waals surface area contributed by atoms with Crippen molar-refractivity contribution in [2.45, 2.75) is 70.4 Å².